The van der Waals surface area contributed by atoms with E-state index >= 15 is 0 Å². The number of carbonyl (C=O) groups excluding carboxylic acids is 1. The van der Waals surface area contributed by atoms with Gasteiger partial charge in [0.15, 0.2) is 11.9 Å². The summed E-state index contributed by atoms with van der Waals surface area (Å²) in [4.78, 5) is 14.1. The van der Waals surface area contributed by atoms with Crippen molar-refractivity contribution in [2.45, 2.75) is 115 Å². The molecule has 1 saturated carbocycles. The van der Waals surface area contributed by atoms with Crippen LogP contribution < -0.4 is 4.74 Å². The summed E-state index contributed by atoms with van der Waals surface area (Å²) in [5, 5.41) is 29.2. The summed E-state index contributed by atoms with van der Waals surface area (Å²) in [7, 11) is 2.03. The number of nitrogens with zero attached hydrogens (tertiary/aromatic N) is 7. The van der Waals surface area contributed by atoms with Crippen molar-refractivity contribution in [3.05, 3.63) is 53.4 Å². The van der Waals surface area contributed by atoms with E-state index in [1.165, 1.54) is 5.56 Å². The maximum Gasteiger partial charge on any atom is 0.410 e. The van der Waals surface area contributed by atoms with Crippen LogP contribution in [-0.4, -0.2) is 64.5 Å². The van der Waals surface area contributed by atoms with Crippen molar-refractivity contribution in [2.24, 2.45) is 7.05 Å². The Morgan fingerprint density at radius 3 is 2.40 bits per heavy atom. The third-order valence-corrected chi connectivity index (χ3v) is 8.81. The quantitative estimate of drug-likeness (QED) is 0.366. The molecule has 234 valence electrons. The zero-order valence-electron chi connectivity index (χ0n) is 26.7. The first-order valence-corrected chi connectivity index (χ1v) is 15.6. The molecule has 1 aromatic carbocycles. The zero-order chi connectivity index (χ0) is 30.9. The van der Waals surface area contributed by atoms with Gasteiger partial charge in [0.2, 0.25) is 0 Å². The Labute approximate surface area is 254 Å². The van der Waals surface area contributed by atoms with Gasteiger partial charge < -0.3 is 24.0 Å². The number of ether oxygens (including phenoxy) is 2. The van der Waals surface area contributed by atoms with Crippen LogP contribution in [0.25, 0.3) is 0 Å². The van der Waals surface area contributed by atoms with Crippen LogP contribution in [-0.2, 0) is 17.4 Å². The lowest BCUT2D eigenvalue weighted by Crippen LogP contribution is -2.47. The predicted octanol–water partition coefficient (Wildman–Crippen LogP) is 5.79. The second-order valence-corrected chi connectivity index (χ2v) is 13.6. The molecule has 43 heavy (non-hydrogen) atoms. The van der Waals surface area contributed by atoms with E-state index in [1.807, 2.05) is 57.8 Å². The Morgan fingerprint density at radius 1 is 1.05 bits per heavy atom. The van der Waals surface area contributed by atoms with Gasteiger partial charge in [0.25, 0.3) is 0 Å². The molecule has 1 amide bonds. The molecule has 1 aliphatic carbocycles. The number of aromatic nitrogens is 6. The van der Waals surface area contributed by atoms with Crippen molar-refractivity contribution >= 4 is 6.09 Å². The molecule has 1 aliphatic heterocycles. The van der Waals surface area contributed by atoms with Crippen molar-refractivity contribution in [3.63, 3.8) is 0 Å². The van der Waals surface area contributed by atoms with E-state index in [4.69, 9.17) is 9.47 Å². The van der Waals surface area contributed by atoms with E-state index in [0.29, 0.717) is 43.5 Å². The van der Waals surface area contributed by atoms with E-state index in [1.54, 1.807) is 4.90 Å². The molecule has 3 heterocycles. The predicted molar refractivity (Wildman–Crippen MR) is 162 cm³/mol. The van der Waals surface area contributed by atoms with Crippen LogP contribution in [0.1, 0.15) is 127 Å². The van der Waals surface area contributed by atoms with Crippen LogP contribution in [0.15, 0.2) is 30.5 Å². The topological polar surface area (TPSA) is 120 Å². The minimum absolute atomic E-state index is 0.214. The lowest BCUT2D eigenvalue weighted by Gasteiger charge is -2.37. The monoisotopic (exact) mass is 593 g/mol. The van der Waals surface area contributed by atoms with Crippen molar-refractivity contribution < 1.29 is 19.4 Å². The van der Waals surface area contributed by atoms with Gasteiger partial charge in [-0.15, -0.1) is 15.3 Å². The summed E-state index contributed by atoms with van der Waals surface area (Å²) in [6.45, 7) is 12.8. The van der Waals surface area contributed by atoms with Crippen LogP contribution in [0.2, 0.25) is 0 Å². The highest BCUT2D eigenvalue weighted by Gasteiger charge is 2.39. The summed E-state index contributed by atoms with van der Waals surface area (Å²) in [5.74, 6) is 3.40. The Balaban J connectivity index is 1.16. The molecule has 0 bridgehead atoms. The minimum atomic E-state index is -1.10. The Morgan fingerprint density at radius 2 is 1.74 bits per heavy atom. The second-order valence-electron chi connectivity index (χ2n) is 13.6. The van der Waals surface area contributed by atoms with Crippen molar-refractivity contribution in [1.82, 2.24) is 34.7 Å². The molecule has 1 atom stereocenters. The van der Waals surface area contributed by atoms with E-state index in [2.05, 4.69) is 51.1 Å². The van der Waals surface area contributed by atoms with Gasteiger partial charge in [-0.2, -0.15) is 0 Å². The molecule has 0 unspecified atom stereocenters. The lowest BCUT2D eigenvalue weighted by atomic mass is 9.85. The van der Waals surface area contributed by atoms with Crippen molar-refractivity contribution in [1.29, 1.82) is 0 Å². The maximum absolute atomic E-state index is 12.4. The van der Waals surface area contributed by atoms with Crippen LogP contribution in [0.4, 0.5) is 4.79 Å². The Bertz CT molecular complexity index is 1390. The fraction of sp³-hybridized carbons (Fsp3) is 0.656. The van der Waals surface area contributed by atoms with Crippen LogP contribution in [0, 0.1) is 0 Å². The van der Waals surface area contributed by atoms with Crippen molar-refractivity contribution in [3.8, 4) is 5.75 Å². The van der Waals surface area contributed by atoms with E-state index in [9.17, 15) is 9.90 Å². The fourth-order valence-corrected chi connectivity index (χ4v) is 6.18. The normalized spacial score (nSPS) is 21.6. The second kappa shape index (κ2) is 12.3. The third-order valence-electron chi connectivity index (χ3n) is 8.81. The summed E-state index contributed by atoms with van der Waals surface area (Å²) in [6, 6.07) is 8.46. The molecule has 3 aromatic rings. The molecule has 2 aliphatic rings. The van der Waals surface area contributed by atoms with Crippen molar-refractivity contribution in [2.75, 3.05) is 13.1 Å². The molecule has 0 radical (unpaired) electrons. The summed E-state index contributed by atoms with van der Waals surface area (Å²) < 4.78 is 15.7. The number of hydrogen-bond donors (Lipinski definition) is 1. The van der Waals surface area contributed by atoms with E-state index in [0.717, 1.165) is 43.1 Å². The van der Waals surface area contributed by atoms with E-state index in [-0.39, 0.29) is 18.2 Å². The first-order chi connectivity index (χ1) is 20.3. The molecule has 1 N–H and O–H groups in total. The van der Waals surface area contributed by atoms with Gasteiger partial charge in [-0.3, -0.25) is 0 Å². The zero-order valence-corrected chi connectivity index (χ0v) is 26.7. The Kier molecular flexibility index (Phi) is 8.83. The largest absolute Gasteiger partial charge is 0.483 e. The average molecular weight is 594 g/mol. The molecule has 2 fully saturated rings. The molecule has 5 rings (SSSR count). The highest BCUT2D eigenvalue weighted by Crippen LogP contribution is 2.39. The average Bonchev–Trinajstić information content (AvgIpc) is 3.61. The summed E-state index contributed by atoms with van der Waals surface area (Å²) in [6.07, 6.45) is 5.93. The summed E-state index contributed by atoms with van der Waals surface area (Å²) in [5.41, 5.74) is 0.175. The maximum atomic E-state index is 12.4. The molecular formula is C32H47N7O4. The molecular weight excluding hydrogens is 546 g/mol. The first kappa shape index (κ1) is 31.0. The van der Waals surface area contributed by atoms with Crippen LogP contribution in [0.3, 0.4) is 0 Å². The Hall–Kier alpha value is -3.47. The third kappa shape index (κ3) is 7.03. The number of benzene rings is 1. The highest BCUT2D eigenvalue weighted by atomic mass is 16.6. The number of carbonyl (C=O) groups is 1. The lowest BCUT2D eigenvalue weighted by molar-refractivity contribution is -0.0382. The van der Waals surface area contributed by atoms with Gasteiger partial charge in [-0.1, -0.05) is 31.2 Å². The number of amides is 1. The molecule has 11 heteroatoms. The highest BCUT2D eigenvalue weighted by molar-refractivity contribution is 5.68. The number of aliphatic hydroxyl groups is 1. The number of piperidine rings is 1. The van der Waals surface area contributed by atoms with Crippen LogP contribution >= 0.6 is 0 Å². The molecule has 11 nitrogen and oxygen atoms in total. The van der Waals surface area contributed by atoms with Gasteiger partial charge in [0.1, 0.15) is 28.5 Å². The van der Waals surface area contributed by atoms with Gasteiger partial charge in [0.05, 0.1) is 12.2 Å². The van der Waals surface area contributed by atoms with Gasteiger partial charge >= 0.3 is 6.09 Å². The summed E-state index contributed by atoms with van der Waals surface area (Å²) >= 11 is 0. The van der Waals surface area contributed by atoms with Gasteiger partial charge in [-0.25, -0.2) is 9.48 Å². The molecule has 2 aromatic heterocycles. The van der Waals surface area contributed by atoms with E-state index < -0.39 is 11.2 Å². The first-order valence-electron chi connectivity index (χ1n) is 15.6. The molecule has 0 spiro atoms. The van der Waals surface area contributed by atoms with Crippen LogP contribution in [0.5, 0.6) is 5.75 Å². The fourth-order valence-electron chi connectivity index (χ4n) is 6.18. The standard InChI is InChI=1S/C32H47N7O4/c1-21(2)24-9-8-10-26(19-24)42-22(3)28-34-35-29(37(28)7)23-11-13-25(14-12-23)39-20-27(33-36-39)32(41)15-17-38(18-16-32)30(40)43-31(4,5)6/h8-10,19-23,25,41H,11-18H2,1-7H3/t22-,23?,25?/m1/s1. The van der Waals surface area contributed by atoms with Gasteiger partial charge in [0, 0.05) is 26.1 Å². The number of hydrogen-bond acceptors (Lipinski definition) is 8. The molecule has 1 saturated heterocycles. The smallest absolute Gasteiger partial charge is 0.410 e. The SMILES string of the molecule is CC(C)c1cccc(O[C@H](C)c2nnc(C3CCC(n4cc(C5(O)CCN(C(=O)OC(C)(C)C)CC5)nn4)CC3)n2C)c1. The minimum Gasteiger partial charge on any atom is -0.483 e. The number of rotatable bonds is 7. The van der Waals surface area contributed by atoms with Gasteiger partial charge in [-0.05, 0) is 89.8 Å². The number of likely N-dealkylation sites (tertiary alicyclic amines) is 1.